The van der Waals surface area contributed by atoms with Gasteiger partial charge in [-0.3, -0.25) is 9.52 Å². The van der Waals surface area contributed by atoms with Gasteiger partial charge in [-0.25, -0.2) is 8.42 Å². The number of nitrogens with one attached hydrogen (secondary N) is 1. The van der Waals surface area contributed by atoms with Crippen molar-refractivity contribution >= 4 is 44.8 Å². The minimum atomic E-state index is -3.97. The molecule has 1 heterocycles. The van der Waals surface area contributed by atoms with Crippen molar-refractivity contribution in [2.45, 2.75) is 23.8 Å². The lowest BCUT2D eigenvalue weighted by Gasteiger charge is -2.31. The van der Waals surface area contributed by atoms with E-state index >= 15 is 0 Å². The van der Waals surface area contributed by atoms with Crippen LogP contribution >= 0.6 is 23.2 Å². The molecular formula is C19H20Cl2N2O4S. The summed E-state index contributed by atoms with van der Waals surface area (Å²) >= 11 is 11.9. The van der Waals surface area contributed by atoms with Gasteiger partial charge < -0.3 is 9.64 Å². The Morgan fingerprint density at radius 1 is 1.11 bits per heavy atom. The molecule has 28 heavy (non-hydrogen) atoms. The van der Waals surface area contributed by atoms with Crippen LogP contribution in [0.1, 0.15) is 23.2 Å². The molecule has 0 aliphatic carbocycles. The van der Waals surface area contributed by atoms with Crippen molar-refractivity contribution < 1.29 is 17.9 Å². The number of likely N-dealkylation sites (tertiary alicyclic amines) is 1. The van der Waals surface area contributed by atoms with Crippen molar-refractivity contribution in [1.29, 1.82) is 0 Å². The van der Waals surface area contributed by atoms with Gasteiger partial charge >= 0.3 is 0 Å². The van der Waals surface area contributed by atoms with Crippen LogP contribution in [0.25, 0.3) is 0 Å². The quantitative estimate of drug-likeness (QED) is 0.757. The lowest BCUT2D eigenvalue weighted by atomic mass is 10.1. The van der Waals surface area contributed by atoms with Gasteiger partial charge in [0.05, 0.1) is 11.1 Å². The van der Waals surface area contributed by atoms with E-state index in [2.05, 4.69) is 4.72 Å². The number of carbonyl (C=O) groups excluding carboxylic acids is 1. The highest BCUT2D eigenvalue weighted by atomic mass is 35.5. The van der Waals surface area contributed by atoms with Crippen LogP contribution in [-0.4, -0.2) is 45.5 Å². The highest BCUT2D eigenvalue weighted by Gasteiger charge is 2.26. The van der Waals surface area contributed by atoms with E-state index in [-0.39, 0.29) is 27.5 Å². The summed E-state index contributed by atoms with van der Waals surface area (Å²) in [7, 11) is -2.31. The van der Waals surface area contributed by atoms with E-state index in [9.17, 15) is 13.2 Å². The second kappa shape index (κ2) is 8.69. The Bertz CT molecular complexity index is 956. The van der Waals surface area contributed by atoms with E-state index in [1.54, 1.807) is 36.3 Å². The first kappa shape index (κ1) is 20.9. The van der Waals surface area contributed by atoms with Gasteiger partial charge in [0, 0.05) is 36.5 Å². The number of halogens is 2. The van der Waals surface area contributed by atoms with Crippen molar-refractivity contribution in [2.75, 3.05) is 24.9 Å². The highest BCUT2D eigenvalue weighted by Crippen LogP contribution is 2.27. The lowest BCUT2D eigenvalue weighted by molar-refractivity contribution is 0.0350. The van der Waals surface area contributed by atoms with Crippen LogP contribution < -0.4 is 4.72 Å². The molecule has 0 spiro atoms. The fraction of sp³-hybridized carbons (Fsp3) is 0.316. The molecule has 1 aliphatic rings. The lowest BCUT2D eigenvalue weighted by Crippen LogP contribution is -2.40. The topological polar surface area (TPSA) is 75.7 Å². The van der Waals surface area contributed by atoms with E-state index < -0.39 is 10.0 Å². The van der Waals surface area contributed by atoms with E-state index in [1.807, 2.05) is 0 Å². The molecule has 1 saturated heterocycles. The van der Waals surface area contributed by atoms with Crippen molar-refractivity contribution in [3.05, 3.63) is 58.1 Å². The molecule has 6 nitrogen and oxygen atoms in total. The van der Waals surface area contributed by atoms with Gasteiger partial charge in [0.15, 0.2) is 0 Å². The predicted molar refractivity (Wildman–Crippen MR) is 110 cm³/mol. The van der Waals surface area contributed by atoms with Crippen molar-refractivity contribution in [3.8, 4) is 0 Å². The number of ether oxygens (including phenoxy) is 1. The number of amides is 1. The summed E-state index contributed by atoms with van der Waals surface area (Å²) < 4.78 is 33.3. The fourth-order valence-electron chi connectivity index (χ4n) is 3.05. The average Bonchev–Trinajstić information content (AvgIpc) is 2.69. The molecule has 1 aliphatic heterocycles. The van der Waals surface area contributed by atoms with Gasteiger partial charge in [-0.05, 0) is 55.3 Å². The summed E-state index contributed by atoms with van der Waals surface area (Å²) in [5.74, 6) is -0.228. The number of piperidine rings is 1. The Morgan fingerprint density at radius 3 is 2.36 bits per heavy atom. The summed E-state index contributed by atoms with van der Waals surface area (Å²) in [6.07, 6.45) is 1.65. The maximum Gasteiger partial charge on any atom is 0.263 e. The summed E-state index contributed by atoms with van der Waals surface area (Å²) in [6, 6.07) is 10.5. The maximum absolute atomic E-state index is 12.8. The van der Waals surface area contributed by atoms with E-state index in [4.69, 9.17) is 27.9 Å². The van der Waals surface area contributed by atoms with Crippen LogP contribution in [0.2, 0.25) is 10.0 Å². The first-order chi connectivity index (χ1) is 13.3. The third-order valence-corrected chi connectivity index (χ3v) is 6.74. The molecule has 0 saturated carbocycles. The number of sulfonamides is 1. The molecule has 1 fully saturated rings. The number of anilines is 1. The number of carbonyl (C=O) groups is 1. The summed E-state index contributed by atoms with van der Waals surface area (Å²) in [5.41, 5.74) is 0.621. The molecule has 9 heteroatoms. The third kappa shape index (κ3) is 4.78. The first-order valence-electron chi connectivity index (χ1n) is 8.70. The van der Waals surface area contributed by atoms with Crippen LogP contribution in [-0.2, 0) is 14.8 Å². The normalized spacial score (nSPS) is 15.5. The average molecular weight is 443 g/mol. The Kier molecular flexibility index (Phi) is 6.50. The third-order valence-electron chi connectivity index (χ3n) is 4.63. The first-order valence-corrected chi connectivity index (χ1v) is 10.9. The molecule has 2 aromatic rings. The van der Waals surface area contributed by atoms with Gasteiger partial charge in [0.1, 0.15) is 4.90 Å². The second-order valence-corrected chi connectivity index (χ2v) is 8.98. The Hall–Kier alpha value is -1.80. The smallest absolute Gasteiger partial charge is 0.263 e. The molecular weight excluding hydrogens is 423 g/mol. The van der Waals surface area contributed by atoms with Gasteiger partial charge in [0.2, 0.25) is 0 Å². The van der Waals surface area contributed by atoms with Crippen LogP contribution in [0.3, 0.4) is 0 Å². The van der Waals surface area contributed by atoms with Gasteiger partial charge in [-0.15, -0.1) is 0 Å². The number of benzene rings is 2. The largest absolute Gasteiger partial charge is 0.381 e. The summed E-state index contributed by atoms with van der Waals surface area (Å²) in [5, 5.41) is 0.530. The Balaban J connectivity index is 1.82. The summed E-state index contributed by atoms with van der Waals surface area (Å²) in [6.45, 7) is 1.12. The number of hydrogen-bond acceptors (Lipinski definition) is 4. The standard InChI is InChI=1S/C19H20Cl2N2O4S/c1-27-16-8-10-23(11-9-16)19(24)13-2-7-17(21)18(12-13)28(25,26)22-15-5-3-14(20)4-6-15/h2-7,12,16,22H,8-11H2,1H3. The SMILES string of the molecule is COC1CCN(C(=O)c2ccc(Cl)c(S(=O)(=O)Nc3ccc(Cl)cc3)c2)CC1. The molecule has 1 amide bonds. The van der Waals surface area contributed by atoms with E-state index in [1.165, 1.54) is 18.2 Å². The zero-order valence-electron chi connectivity index (χ0n) is 15.2. The molecule has 0 aromatic heterocycles. The van der Waals surface area contributed by atoms with Crippen LogP contribution in [0, 0.1) is 0 Å². The van der Waals surface area contributed by atoms with Crippen molar-refractivity contribution in [1.82, 2.24) is 4.90 Å². The monoisotopic (exact) mass is 442 g/mol. The highest BCUT2D eigenvalue weighted by molar-refractivity contribution is 7.92. The van der Waals surface area contributed by atoms with Crippen molar-refractivity contribution in [3.63, 3.8) is 0 Å². The zero-order chi connectivity index (χ0) is 20.3. The second-order valence-electron chi connectivity index (χ2n) is 6.48. The number of hydrogen-bond donors (Lipinski definition) is 1. The molecule has 3 rings (SSSR count). The minimum absolute atomic E-state index is 0.0381. The van der Waals surface area contributed by atoms with Gasteiger partial charge in [-0.1, -0.05) is 23.2 Å². The molecule has 1 N–H and O–H groups in total. The Morgan fingerprint density at radius 2 is 1.75 bits per heavy atom. The summed E-state index contributed by atoms with van der Waals surface area (Å²) in [4.78, 5) is 14.3. The predicted octanol–water partition coefficient (Wildman–Crippen LogP) is 4.05. The molecule has 150 valence electrons. The number of nitrogens with zero attached hydrogens (tertiary/aromatic N) is 1. The maximum atomic E-state index is 12.8. The minimum Gasteiger partial charge on any atom is -0.381 e. The molecule has 0 bridgehead atoms. The van der Waals surface area contributed by atoms with Crippen LogP contribution in [0.15, 0.2) is 47.4 Å². The van der Waals surface area contributed by atoms with Gasteiger partial charge in [-0.2, -0.15) is 0 Å². The van der Waals surface area contributed by atoms with Gasteiger partial charge in [0.25, 0.3) is 15.9 Å². The molecule has 0 radical (unpaired) electrons. The molecule has 0 unspecified atom stereocenters. The van der Waals surface area contributed by atoms with E-state index in [0.717, 1.165) is 12.8 Å². The zero-order valence-corrected chi connectivity index (χ0v) is 17.5. The van der Waals surface area contributed by atoms with E-state index in [0.29, 0.717) is 23.8 Å². The van der Waals surface area contributed by atoms with Crippen LogP contribution in [0.5, 0.6) is 0 Å². The number of methoxy groups -OCH3 is 1. The Labute approximate surface area is 174 Å². The van der Waals surface area contributed by atoms with Crippen molar-refractivity contribution in [2.24, 2.45) is 0 Å². The fourth-order valence-corrected chi connectivity index (χ4v) is 4.76. The molecule has 2 aromatic carbocycles. The van der Waals surface area contributed by atoms with Crippen LogP contribution in [0.4, 0.5) is 5.69 Å². The number of rotatable bonds is 5. The molecule has 0 atom stereocenters.